The van der Waals surface area contributed by atoms with Crippen LogP contribution in [-0.2, 0) is 0 Å². The molecule has 10 nitrogen and oxygen atoms in total. The molecule has 0 amide bonds. The summed E-state index contributed by atoms with van der Waals surface area (Å²) in [6, 6.07) is 18.2. The lowest BCUT2D eigenvalue weighted by atomic mass is 10.2. The Hall–Kier alpha value is -5.12. The van der Waals surface area contributed by atoms with E-state index in [4.69, 9.17) is 20.4 Å². The number of aromatic carboxylic acids is 2. The first-order valence-electron chi connectivity index (χ1n) is 10.3. The van der Waals surface area contributed by atoms with Crippen molar-refractivity contribution in [2.75, 3.05) is 0 Å². The molecule has 0 saturated carbocycles. The second-order valence-corrected chi connectivity index (χ2v) is 7.06. The zero-order valence-corrected chi connectivity index (χ0v) is 19.5. The number of phenolic OH excluding ortho intramolecular Hbond substituents is 2. The van der Waals surface area contributed by atoms with E-state index in [0.717, 1.165) is 36.4 Å². The molecule has 4 aromatic rings. The number of aromatic nitrogens is 2. The summed E-state index contributed by atoms with van der Waals surface area (Å²) in [5.74, 6) is -4.30. The Morgan fingerprint density at radius 1 is 0.639 bits per heavy atom. The summed E-state index contributed by atoms with van der Waals surface area (Å²) < 4.78 is 0. The average Bonchev–Trinajstić information content (AvgIpc) is 2.84. The molecule has 36 heavy (non-hydrogen) atoms. The van der Waals surface area contributed by atoms with Crippen molar-refractivity contribution in [1.29, 1.82) is 0 Å². The highest BCUT2D eigenvalue weighted by Gasteiger charge is 2.04. The van der Waals surface area contributed by atoms with Crippen LogP contribution >= 0.6 is 0 Å². The number of aromatic hydroxyl groups is 2. The van der Waals surface area contributed by atoms with E-state index in [1.165, 1.54) is 11.4 Å². The monoisotopic (exact) mass is 494 g/mol. The predicted molar refractivity (Wildman–Crippen MR) is 124 cm³/mol. The van der Waals surface area contributed by atoms with E-state index in [-0.39, 0.29) is 11.5 Å². The Balaban J connectivity index is 0.000000245. The zero-order chi connectivity index (χ0) is 27.1. The SMILES string of the molecule is Cc1cccc[nH+]1.Cc1cccc[nH+]1.O=C(O)c1cc(O)ccc1[O-].O=C(O)c1cc(O)ccc1[O-]. The second-order valence-electron chi connectivity index (χ2n) is 7.06. The number of rotatable bonds is 2. The summed E-state index contributed by atoms with van der Waals surface area (Å²) in [5.41, 5.74) is 1.57. The molecule has 0 bridgehead atoms. The molecular weight excluding hydrogens is 468 g/mol. The van der Waals surface area contributed by atoms with Gasteiger partial charge < -0.3 is 30.6 Å². The lowest BCUT2D eigenvalue weighted by Crippen LogP contribution is -2.02. The topological polar surface area (TPSA) is 189 Å². The molecule has 6 N–H and O–H groups in total. The van der Waals surface area contributed by atoms with Gasteiger partial charge in [0.2, 0.25) is 0 Å². The van der Waals surface area contributed by atoms with E-state index >= 15 is 0 Å². The number of carboxylic acids is 2. The van der Waals surface area contributed by atoms with Crippen LogP contribution in [0, 0.1) is 13.8 Å². The second kappa shape index (κ2) is 14.9. The van der Waals surface area contributed by atoms with Crippen molar-refractivity contribution in [3.63, 3.8) is 0 Å². The first kappa shape index (κ1) is 28.9. The van der Waals surface area contributed by atoms with Crippen molar-refractivity contribution in [2.24, 2.45) is 0 Å². The minimum Gasteiger partial charge on any atom is -0.872 e. The van der Waals surface area contributed by atoms with Gasteiger partial charge in [0.05, 0.1) is 11.1 Å². The maximum Gasteiger partial charge on any atom is 0.335 e. The summed E-state index contributed by atoms with van der Waals surface area (Å²) in [6.07, 6.45) is 3.82. The number of benzene rings is 2. The van der Waals surface area contributed by atoms with Gasteiger partial charge in [0, 0.05) is 38.1 Å². The Bertz CT molecular complexity index is 1150. The normalized spacial score (nSPS) is 9.17. The fraction of sp³-hybridized carbons (Fsp3) is 0.0769. The Kier molecular flexibility index (Phi) is 12.0. The Morgan fingerprint density at radius 2 is 1.00 bits per heavy atom. The van der Waals surface area contributed by atoms with E-state index in [1.807, 2.05) is 62.6 Å². The quantitative estimate of drug-likeness (QED) is 0.325. The standard InChI is InChI=1S/2C7H6O4.2C6H7N/c2*8-4-1-2-6(9)5(3-4)7(10)11;2*1-6-4-2-3-5-7-6/h2*1-3,8-9H,(H,10,11);2*2-5H,1H3. The third-order valence-corrected chi connectivity index (χ3v) is 4.12. The van der Waals surface area contributed by atoms with Crippen LogP contribution in [0.5, 0.6) is 23.0 Å². The van der Waals surface area contributed by atoms with Crippen molar-refractivity contribution < 1.29 is 50.2 Å². The van der Waals surface area contributed by atoms with Gasteiger partial charge in [-0.05, 0) is 24.3 Å². The molecule has 188 valence electrons. The van der Waals surface area contributed by atoms with E-state index in [1.54, 1.807) is 0 Å². The Labute approximate surface area is 207 Å². The van der Waals surface area contributed by atoms with Gasteiger partial charge in [-0.3, -0.25) is 0 Å². The van der Waals surface area contributed by atoms with Crippen LogP contribution in [0.25, 0.3) is 0 Å². The van der Waals surface area contributed by atoms with E-state index in [0.29, 0.717) is 0 Å². The van der Waals surface area contributed by atoms with Gasteiger partial charge in [-0.2, -0.15) is 0 Å². The van der Waals surface area contributed by atoms with Gasteiger partial charge >= 0.3 is 11.9 Å². The van der Waals surface area contributed by atoms with Crippen LogP contribution in [0.15, 0.2) is 85.2 Å². The molecule has 0 aliphatic carbocycles. The maximum atomic E-state index is 10.7. The summed E-state index contributed by atoms with van der Waals surface area (Å²) in [7, 11) is 0. The van der Waals surface area contributed by atoms with Crippen LogP contribution in [0.2, 0.25) is 0 Å². The fourth-order valence-electron chi connectivity index (χ4n) is 2.34. The number of hydrogen-bond acceptors (Lipinski definition) is 6. The molecule has 10 heteroatoms. The molecule has 0 aliphatic heterocycles. The molecule has 2 heterocycles. The molecule has 0 aliphatic rings. The van der Waals surface area contributed by atoms with Crippen LogP contribution in [-0.4, -0.2) is 32.4 Å². The predicted octanol–water partition coefficient (Wildman–Crippen LogP) is 1.95. The first-order chi connectivity index (χ1) is 17.0. The number of H-pyrrole nitrogens is 2. The highest BCUT2D eigenvalue weighted by Crippen LogP contribution is 2.19. The summed E-state index contributed by atoms with van der Waals surface area (Å²) in [6.45, 7) is 4.06. The molecule has 0 unspecified atom stereocenters. The largest absolute Gasteiger partial charge is 0.872 e. The number of carboxylic acid groups (broad SMARTS) is 2. The summed E-state index contributed by atoms with van der Waals surface area (Å²) in [4.78, 5) is 26.6. The smallest absolute Gasteiger partial charge is 0.335 e. The molecule has 2 aromatic carbocycles. The van der Waals surface area contributed by atoms with Crippen molar-refractivity contribution in [2.45, 2.75) is 13.8 Å². The average molecular weight is 495 g/mol. The van der Waals surface area contributed by atoms with E-state index in [9.17, 15) is 19.8 Å². The first-order valence-corrected chi connectivity index (χ1v) is 10.3. The number of aromatic amines is 2. The molecule has 0 radical (unpaired) electrons. The molecular formula is C26H26N2O8. The van der Waals surface area contributed by atoms with E-state index < -0.39 is 34.6 Å². The Morgan fingerprint density at radius 3 is 1.19 bits per heavy atom. The van der Waals surface area contributed by atoms with Crippen LogP contribution < -0.4 is 20.2 Å². The van der Waals surface area contributed by atoms with Gasteiger partial charge in [0.1, 0.15) is 11.5 Å². The van der Waals surface area contributed by atoms with Crippen molar-refractivity contribution in [1.82, 2.24) is 0 Å². The fourth-order valence-corrected chi connectivity index (χ4v) is 2.34. The van der Waals surface area contributed by atoms with Gasteiger partial charge in [-0.1, -0.05) is 35.8 Å². The zero-order valence-electron chi connectivity index (χ0n) is 19.5. The number of pyridine rings is 2. The van der Waals surface area contributed by atoms with Gasteiger partial charge in [-0.25, -0.2) is 19.6 Å². The number of hydrogen-bond donors (Lipinski definition) is 4. The molecule has 0 atom stereocenters. The van der Waals surface area contributed by atoms with E-state index in [2.05, 4.69) is 9.97 Å². The molecule has 2 aromatic heterocycles. The van der Waals surface area contributed by atoms with Gasteiger partial charge in [-0.15, -0.1) is 0 Å². The molecule has 0 fully saturated rings. The van der Waals surface area contributed by atoms with Crippen LogP contribution in [0.3, 0.4) is 0 Å². The highest BCUT2D eigenvalue weighted by molar-refractivity contribution is 5.91. The van der Waals surface area contributed by atoms with Gasteiger partial charge in [0.15, 0.2) is 23.8 Å². The summed E-state index contributed by atoms with van der Waals surface area (Å²) in [5, 5.41) is 55.8. The van der Waals surface area contributed by atoms with Crippen LogP contribution in [0.1, 0.15) is 32.1 Å². The minimum absolute atomic E-state index is 0.220. The molecule has 0 saturated heterocycles. The highest BCUT2D eigenvalue weighted by atomic mass is 16.4. The third-order valence-electron chi connectivity index (χ3n) is 4.12. The molecule has 0 spiro atoms. The summed E-state index contributed by atoms with van der Waals surface area (Å²) >= 11 is 0. The van der Waals surface area contributed by atoms with Gasteiger partial charge in [0.25, 0.3) is 0 Å². The lowest BCUT2D eigenvalue weighted by molar-refractivity contribution is -0.387. The van der Waals surface area contributed by atoms with Crippen molar-refractivity contribution in [3.8, 4) is 23.0 Å². The number of nitrogens with one attached hydrogen (secondary N) is 2. The number of phenols is 2. The molecule has 4 rings (SSSR count). The maximum absolute atomic E-state index is 10.7. The number of carbonyl (C=O) groups is 2. The lowest BCUT2D eigenvalue weighted by Gasteiger charge is -2.08. The third kappa shape index (κ3) is 11.1. The van der Waals surface area contributed by atoms with Crippen molar-refractivity contribution >= 4 is 11.9 Å². The van der Waals surface area contributed by atoms with Crippen LogP contribution in [0.4, 0.5) is 0 Å². The minimum atomic E-state index is -1.33. The van der Waals surface area contributed by atoms with Crippen molar-refractivity contribution in [3.05, 3.63) is 108 Å². The number of aryl methyl sites for hydroxylation is 2.